The average Bonchev–Trinajstić information content (AvgIpc) is 2.41. The lowest BCUT2D eigenvalue weighted by Crippen LogP contribution is -2.48. The first-order valence-electron chi connectivity index (χ1n) is 7.44. The van der Waals surface area contributed by atoms with Crippen LogP contribution < -0.4 is 5.32 Å². The van der Waals surface area contributed by atoms with Gasteiger partial charge in [0, 0.05) is 24.2 Å². The van der Waals surface area contributed by atoms with E-state index in [1.807, 2.05) is 46.8 Å². The number of pyridine rings is 1. The van der Waals surface area contributed by atoms with Gasteiger partial charge in [0.15, 0.2) is 5.78 Å². The van der Waals surface area contributed by atoms with Crippen LogP contribution in [0.5, 0.6) is 0 Å². The second kappa shape index (κ2) is 7.34. The Bertz CT molecular complexity index is 475. The molecule has 21 heavy (non-hydrogen) atoms. The molecule has 1 aromatic rings. The van der Waals surface area contributed by atoms with Crippen molar-refractivity contribution >= 4 is 11.7 Å². The molecule has 0 saturated carbocycles. The molecular weight excluding hydrogens is 264 g/mol. The van der Waals surface area contributed by atoms with Crippen LogP contribution in [0.25, 0.3) is 0 Å². The van der Waals surface area contributed by atoms with E-state index in [-0.39, 0.29) is 17.6 Å². The Balaban J connectivity index is 2.64. The van der Waals surface area contributed by atoms with E-state index in [0.717, 1.165) is 5.56 Å². The average molecular weight is 290 g/mol. The largest absolute Gasteiger partial charge is 0.346 e. The van der Waals surface area contributed by atoms with Gasteiger partial charge in [-0.1, -0.05) is 40.7 Å². The number of nitrogens with one attached hydrogen (secondary N) is 1. The summed E-state index contributed by atoms with van der Waals surface area (Å²) in [5.41, 5.74) is 0.548. The molecule has 116 valence electrons. The fraction of sp³-hybridized carbons (Fsp3) is 0.588. The lowest BCUT2D eigenvalue weighted by molar-refractivity contribution is -0.133. The van der Waals surface area contributed by atoms with E-state index in [4.69, 9.17) is 0 Å². The van der Waals surface area contributed by atoms with Gasteiger partial charge in [-0.3, -0.25) is 14.6 Å². The van der Waals surface area contributed by atoms with Gasteiger partial charge >= 0.3 is 0 Å². The minimum atomic E-state index is -0.489. The molecule has 1 atom stereocenters. The summed E-state index contributed by atoms with van der Waals surface area (Å²) in [6, 6.07) is 3.40. The molecule has 0 aliphatic rings. The molecule has 0 radical (unpaired) electrons. The van der Waals surface area contributed by atoms with Crippen LogP contribution in [0, 0.1) is 11.3 Å². The zero-order chi connectivity index (χ0) is 16.0. The van der Waals surface area contributed by atoms with Crippen LogP contribution in [0.2, 0.25) is 0 Å². The number of Topliss-reactive ketones (excluding diaryl/α,β-unsaturated/α-hetero) is 1. The zero-order valence-corrected chi connectivity index (χ0v) is 13.6. The summed E-state index contributed by atoms with van der Waals surface area (Å²) in [5.74, 6) is 0.0695. The standard InChI is InChI=1S/C17H26N2O2/c1-12(2)15(19-16(21)17(3,4)5)14(20)9-8-13-7-6-10-18-11-13/h6-7,10-12,15H,8-9H2,1-5H3,(H,19,21)/t15-/m0/s1. The Labute approximate surface area is 127 Å². The molecule has 0 bridgehead atoms. The third-order valence-corrected chi connectivity index (χ3v) is 3.36. The van der Waals surface area contributed by atoms with Crippen LogP contribution in [-0.2, 0) is 16.0 Å². The first-order valence-corrected chi connectivity index (χ1v) is 7.44. The minimum Gasteiger partial charge on any atom is -0.346 e. The Morgan fingerprint density at radius 1 is 1.29 bits per heavy atom. The monoisotopic (exact) mass is 290 g/mol. The molecule has 1 heterocycles. The summed E-state index contributed by atoms with van der Waals surface area (Å²) >= 11 is 0. The summed E-state index contributed by atoms with van der Waals surface area (Å²) < 4.78 is 0. The van der Waals surface area contributed by atoms with Gasteiger partial charge < -0.3 is 5.32 Å². The predicted octanol–water partition coefficient (Wildman–Crippen LogP) is 2.77. The number of ketones is 1. The number of rotatable bonds is 6. The number of nitrogens with zero attached hydrogens (tertiary/aromatic N) is 1. The highest BCUT2D eigenvalue weighted by atomic mass is 16.2. The van der Waals surface area contributed by atoms with E-state index < -0.39 is 11.5 Å². The molecule has 0 spiro atoms. The van der Waals surface area contributed by atoms with Gasteiger partial charge in [-0.2, -0.15) is 0 Å². The van der Waals surface area contributed by atoms with Crippen LogP contribution in [0.4, 0.5) is 0 Å². The van der Waals surface area contributed by atoms with Crippen molar-refractivity contribution in [1.82, 2.24) is 10.3 Å². The third kappa shape index (κ3) is 5.66. The molecule has 1 rings (SSSR count). The van der Waals surface area contributed by atoms with E-state index in [1.165, 1.54) is 0 Å². The van der Waals surface area contributed by atoms with E-state index in [9.17, 15) is 9.59 Å². The number of hydrogen-bond donors (Lipinski definition) is 1. The predicted molar refractivity (Wildman–Crippen MR) is 83.8 cm³/mol. The smallest absolute Gasteiger partial charge is 0.225 e. The van der Waals surface area contributed by atoms with Crippen LogP contribution in [0.15, 0.2) is 24.5 Å². The minimum absolute atomic E-state index is 0.0754. The van der Waals surface area contributed by atoms with Crippen molar-refractivity contribution in [1.29, 1.82) is 0 Å². The number of carbonyl (C=O) groups is 2. The maximum Gasteiger partial charge on any atom is 0.225 e. The van der Waals surface area contributed by atoms with Gasteiger partial charge in [0.05, 0.1) is 6.04 Å². The summed E-state index contributed by atoms with van der Waals surface area (Å²) in [6.07, 6.45) is 4.55. The SMILES string of the molecule is CC(C)[C@H](NC(=O)C(C)(C)C)C(=O)CCc1cccnc1. The van der Waals surface area contributed by atoms with Crippen molar-refractivity contribution in [2.45, 2.75) is 53.5 Å². The molecule has 4 nitrogen and oxygen atoms in total. The third-order valence-electron chi connectivity index (χ3n) is 3.36. The van der Waals surface area contributed by atoms with Crippen LogP contribution in [0.1, 0.15) is 46.6 Å². The zero-order valence-electron chi connectivity index (χ0n) is 13.6. The van der Waals surface area contributed by atoms with Crippen LogP contribution in [0.3, 0.4) is 0 Å². The lowest BCUT2D eigenvalue weighted by atomic mass is 9.91. The highest BCUT2D eigenvalue weighted by Gasteiger charge is 2.28. The first-order chi connectivity index (χ1) is 9.71. The quantitative estimate of drug-likeness (QED) is 0.876. The van der Waals surface area contributed by atoms with E-state index in [0.29, 0.717) is 12.8 Å². The summed E-state index contributed by atoms with van der Waals surface area (Å²) in [7, 11) is 0. The van der Waals surface area contributed by atoms with Gasteiger partial charge in [-0.25, -0.2) is 0 Å². The number of aryl methyl sites for hydroxylation is 1. The maximum atomic E-state index is 12.4. The van der Waals surface area contributed by atoms with E-state index >= 15 is 0 Å². The number of aromatic nitrogens is 1. The Kier molecular flexibility index (Phi) is 6.06. The molecule has 0 aliphatic carbocycles. The van der Waals surface area contributed by atoms with Gasteiger partial charge in [-0.15, -0.1) is 0 Å². The summed E-state index contributed by atoms with van der Waals surface area (Å²) in [5, 5.41) is 2.89. The van der Waals surface area contributed by atoms with Crippen molar-refractivity contribution in [3.8, 4) is 0 Å². The second-order valence-corrected chi connectivity index (χ2v) is 6.77. The Hall–Kier alpha value is -1.71. The number of carbonyl (C=O) groups excluding carboxylic acids is 2. The number of amides is 1. The molecule has 0 saturated heterocycles. The molecule has 0 unspecified atom stereocenters. The van der Waals surface area contributed by atoms with Gasteiger partial charge in [-0.05, 0) is 24.0 Å². The molecule has 4 heteroatoms. The van der Waals surface area contributed by atoms with Crippen molar-refractivity contribution in [2.24, 2.45) is 11.3 Å². The van der Waals surface area contributed by atoms with Crippen molar-refractivity contribution in [2.75, 3.05) is 0 Å². The number of hydrogen-bond acceptors (Lipinski definition) is 3. The molecule has 1 aromatic heterocycles. The highest BCUT2D eigenvalue weighted by Crippen LogP contribution is 2.15. The second-order valence-electron chi connectivity index (χ2n) is 6.77. The molecule has 1 amide bonds. The fourth-order valence-electron chi connectivity index (χ4n) is 1.95. The Morgan fingerprint density at radius 2 is 1.95 bits per heavy atom. The van der Waals surface area contributed by atoms with E-state index in [2.05, 4.69) is 10.3 Å². The molecular formula is C17H26N2O2. The van der Waals surface area contributed by atoms with Crippen molar-refractivity contribution in [3.05, 3.63) is 30.1 Å². The summed E-state index contributed by atoms with van der Waals surface area (Å²) in [4.78, 5) is 28.5. The fourth-order valence-corrected chi connectivity index (χ4v) is 1.95. The van der Waals surface area contributed by atoms with Gasteiger partial charge in [0.2, 0.25) is 5.91 Å². The maximum absolute atomic E-state index is 12.4. The highest BCUT2D eigenvalue weighted by molar-refractivity contribution is 5.91. The van der Waals surface area contributed by atoms with Crippen LogP contribution >= 0.6 is 0 Å². The normalized spacial score (nSPS) is 13.0. The Morgan fingerprint density at radius 3 is 2.43 bits per heavy atom. The van der Waals surface area contributed by atoms with Crippen molar-refractivity contribution < 1.29 is 9.59 Å². The van der Waals surface area contributed by atoms with E-state index in [1.54, 1.807) is 12.4 Å². The molecule has 0 fully saturated rings. The molecule has 0 aromatic carbocycles. The van der Waals surface area contributed by atoms with Gasteiger partial charge in [0.1, 0.15) is 0 Å². The molecule has 0 aliphatic heterocycles. The van der Waals surface area contributed by atoms with Crippen molar-refractivity contribution in [3.63, 3.8) is 0 Å². The van der Waals surface area contributed by atoms with Crippen LogP contribution in [-0.4, -0.2) is 22.7 Å². The summed E-state index contributed by atoms with van der Waals surface area (Å²) in [6.45, 7) is 9.45. The molecule has 1 N–H and O–H groups in total. The first kappa shape index (κ1) is 17.3. The lowest BCUT2D eigenvalue weighted by Gasteiger charge is -2.26. The topological polar surface area (TPSA) is 59.1 Å². The van der Waals surface area contributed by atoms with Gasteiger partial charge in [0.25, 0.3) is 0 Å².